The van der Waals surface area contributed by atoms with Crippen molar-refractivity contribution in [2.75, 3.05) is 23.8 Å². The van der Waals surface area contributed by atoms with Crippen molar-refractivity contribution in [3.05, 3.63) is 18.0 Å². The van der Waals surface area contributed by atoms with Crippen LogP contribution in [0.5, 0.6) is 0 Å². The first-order valence-electron chi connectivity index (χ1n) is 7.13. The van der Waals surface area contributed by atoms with Gasteiger partial charge in [0.1, 0.15) is 5.69 Å². The monoisotopic (exact) mass is 303 g/mol. The van der Waals surface area contributed by atoms with E-state index in [0.717, 1.165) is 44.4 Å². The van der Waals surface area contributed by atoms with E-state index in [0.29, 0.717) is 5.69 Å². The van der Waals surface area contributed by atoms with Gasteiger partial charge in [-0.15, -0.1) is 0 Å². The Labute approximate surface area is 121 Å². The second-order valence-corrected chi connectivity index (χ2v) is 5.33. The SMILES string of the molecule is Nc1cnc(C(F)(F)F)cc1N(CCO)C1CCCCC1. The van der Waals surface area contributed by atoms with Crippen LogP contribution < -0.4 is 10.6 Å². The quantitative estimate of drug-likeness (QED) is 0.898. The number of nitrogen functional groups attached to an aromatic ring is 1. The molecule has 1 aromatic heterocycles. The van der Waals surface area contributed by atoms with Gasteiger partial charge < -0.3 is 15.7 Å². The van der Waals surface area contributed by atoms with Crippen molar-refractivity contribution >= 4 is 11.4 Å². The molecule has 2 rings (SSSR count). The van der Waals surface area contributed by atoms with Crippen LogP contribution in [0.1, 0.15) is 37.8 Å². The summed E-state index contributed by atoms with van der Waals surface area (Å²) in [7, 11) is 0. The maximum Gasteiger partial charge on any atom is 0.433 e. The lowest BCUT2D eigenvalue weighted by atomic mass is 9.93. The summed E-state index contributed by atoms with van der Waals surface area (Å²) in [5, 5.41) is 9.23. The number of hydrogen-bond donors (Lipinski definition) is 2. The Morgan fingerprint density at radius 2 is 1.95 bits per heavy atom. The van der Waals surface area contributed by atoms with Crippen molar-refractivity contribution < 1.29 is 18.3 Å². The molecule has 4 nitrogen and oxygen atoms in total. The highest BCUT2D eigenvalue weighted by atomic mass is 19.4. The number of aliphatic hydroxyl groups is 1. The number of nitrogens with two attached hydrogens (primary N) is 1. The first-order chi connectivity index (χ1) is 9.93. The maximum atomic E-state index is 12.8. The number of hydrogen-bond acceptors (Lipinski definition) is 4. The van der Waals surface area contributed by atoms with Crippen LogP contribution in [0.4, 0.5) is 24.5 Å². The molecule has 21 heavy (non-hydrogen) atoms. The lowest BCUT2D eigenvalue weighted by Gasteiger charge is -2.36. The van der Waals surface area contributed by atoms with Gasteiger partial charge in [0.05, 0.1) is 24.2 Å². The van der Waals surface area contributed by atoms with Gasteiger partial charge in [0.2, 0.25) is 0 Å². The molecule has 1 saturated carbocycles. The minimum atomic E-state index is -4.50. The van der Waals surface area contributed by atoms with Crippen LogP contribution in [0.2, 0.25) is 0 Å². The maximum absolute atomic E-state index is 12.8. The normalized spacial score (nSPS) is 17.0. The van der Waals surface area contributed by atoms with Crippen LogP contribution in [0.25, 0.3) is 0 Å². The van der Waals surface area contributed by atoms with Crippen molar-refractivity contribution in [3.63, 3.8) is 0 Å². The summed E-state index contributed by atoms with van der Waals surface area (Å²) in [6.07, 6.45) is 1.59. The first kappa shape index (κ1) is 15.9. The summed E-state index contributed by atoms with van der Waals surface area (Å²) in [5.74, 6) is 0. The Kier molecular flexibility index (Phi) is 4.92. The molecule has 0 aromatic carbocycles. The Hall–Kier alpha value is -1.50. The van der Waals surface area contributed by atoms with Crippen LogP contribution in [0.15, 0.2) is 12.3 Å². The van der Waals surface area contributed by atoms with E-state index < -0.39 is 11.9 Å². The summed E-state index contributed by atoms with van der Waals surface area (Å²) >= 11 is 0. The predicted octanol–water partition coefficient (Wildman–Crippen LogP) is 2.81. The van der Waals surface area contributed by atoms with Crippen molar-refractivity contribution in [3.8, 4) is 0 Å². The number of anilines is 2. The fraction of sp³-hybridized carbons (Fsp3) is 0.643. The van der Waals surface area contributed by atoms with Crippen LogP contribution in [0, 0.1) is 0 Å². The second-order valence-electron chi connectivity index (χ2n) is 5.33. The van der Waals surface area contributed by atoms with Gasteiger partial charge in [-0.2, -0.15) is 13.2 Å². The molecule has 0 radical (unpaired) electrons. The molecule has 1 heterocycles. The highest BCUT2D eigenvalue weighted by molar-refractivity contribution is 5.67. The molecule has 3 N–H and O–H groups in total. The average molecular weight is 303 g/mol. The summed E-state index contributed by atoms with van der Waals surface area (Å²) < 4.78 is 38.5. The number of aromatic nitrogens is 1. The van der Waals surface area contributed by atoms with Crippen molar-refractivity contribution in [2.45, 2.75) is 44.3 Å². The molecule has 0 spiro atoms. The summed E-state index contributed by atoms with van der Waals surface area (Å²) in [6.45, 7) is 0.149. The predicted molar refractivity (Wildman–Crippen MR) is 75.0 cm³/mol. The third-order valence-electron chi connectivity index (χ3n) is 3.87. The van der Waals surface area contributed by atoms with Crippen LogP contribution in [-0.4, -0.2) is 29.3 Å². The Balaban J connectivity index is 2.34. The van der Waals surface area contributed by atoms with E-state index in [1.165, 1.54) is 0 Å². The topological polar surface area (TPSA) is 62.4 Å². The number of halogens is 3. The molecule has 1 aromatic rings. The Morgan fingerprint density at radius 3 is 2.52 bits per heavy atom. The summed E-state index contributed by atoms with van der Waals surface area (Å²) in [4.78, 5) is 5.16. The van der Waals surface area contributed by atoms with Gasteiger partial charge in [0.15, 0.2) is 0 Å². The summed E-state index contributed by atoms with van der Waals surface area (Å²) in [5.41, 5.74) is 5.39. The van der Waals surface area contributed by atoms with Crippen LogP contribution >= 0.6 is 0 Å². The second kappa shape index (κ2) is 6.51. The van der Waals surface area contributed by atoms with E-state index >= 15 is 0 Å². The third kappa shape index (κ3) is 3.78. The zero-order valence-electron chi connectivity index (χ0n) is 11.7. The van der Waals surface area contributed by atoms with Gasteiger partial charge >= 0.3 is 6.18 Å². The molecular weight excluding hydrogens is 283 g/mol. The highest BCUT2D eigenvalue weighted by Gasteiger charge is 2.34. The molecule has 0 atom stereocenters. The molecular formula is C14H20F3N3O. The number of aliphatic hydroxyl groups excluding tert-OH is 1. The van der Waals surface area contributed by atoms with E-state index in [1.807, 2.05) is 0 Å². The molecule has 0 saturated heterocycles. The molecule has 0 amide bonds. The van der Waals surface area contributed by atoms with Gasteiger partial charge in [-0.3, -0.25) is 0 Å². The molecule has 0 bridgehead atoms. The minimum absolute atomic E-state index is 0.122. The van der Waals surface area contributed by atoms with Gasteiger partial charge in [-0.05, 0) is 18.9 Å². The van der Waals surface area contributed by atoms with Crippen molar-refractivity contribution in [2.24, 2.45) is 0 Å². The molecule has 1 aliphatic carbocycles. The molecule has 0 unspecified atom stereocenters. The van der Waals surface area contributed by atoms with E-state index in [4.69, 9.17) is 5.73 Å². The van der Waals surface area contributed by atoms with E-state index in [-0.39, 0.29) is 24.9 Å². The number of pyridine rings is 1. The zero-order valence-corrected chi connectivity index (χ0v) is 11.7. The summed E-state index contributed by atoms with van der Waals surface area (Å²) in [6, 6.07) is 1.11. The molecule has 0 aliphatic heterocycles. The Morgan fingerprint density at radius 1 is 1.29 bits per heavy atom. The lowest BCUT2D eigenvalue weighted by Crippen LogP contribution is -2.39. The zero-order chi connectivity index (χ0) is 15.5. The number of nitrogens with zero attached hydrogens (tertiary/aromatic N) is 2. The fourth-order valence-corrected chi connectivity index (χ4v) is 2.86. The fourth-order valence-electron chi connectivity index (χ4n) is 2.86. The minimum Gasteiger partial charge on any atom is -0.396 e. The van der Waals surface area contributed by atoms with E-state index in [1.54, 1.807) is 4.90 Å². The molecule has 118 valence electrons. The smallest absolute Gasteiger partial charge is 0.396 e. The lowest BCUT2D eigenvalue weighted by molar-refractivity contribution is -0.141. The van der Waals surface area contributed by atoms with Gasteiger partial charge in [0.25, 0.3) is 0 Å². The van der Waals surface area contributed by atoms with Crippen molar-refractivity contribution in [1.82, 2.24) is 4.98 Å². The van der Waals surface area contributed by atoms with Crippen LogP contribution in [-0.2, 0) is 6.18 Å². The number of rotatable bonds is 4. The molecule has 7 heteroatoms. The molecule has 1 fully saturated rings. The highest BCUT2D eigenvalue weighted by Crippen LogP contribution is 2.35. The van der Waals surface area contributed by atoms with E-state index in [9.17, 15) is 18.3 Å². The number of alkyl halides is 3. The Bertz CT molecular complexity index is 473. The van der Waals surface area contributed by atoms with Gasteiger partial charge in [0, 0.05) is 12.6 Å². The third-order valence-corrected chi connectivity index (χ3v) is 3.87. The van der Waals surface area contributed by atoms with Crippen molar-refractivity contribution in [1.29, 1.82) is 0 Å². The standard InChI is InChI=1S/C14H20F3N3O/c15-14(16,17)13-8-12(11(18)9-19-13)20(6-7-21)10-4-2-1-3-5-10/h8-10,21H,1-7,18H2. The molecule has 1 aliphatic rings. The average Bonchev–Trinajstić information content (AvgIpc) is 2.45. The van der Waals surface area contributed by atoms with Gasteiger partial charge in [-0.25, -0.2) is 4.98 Å². The van der Waals surface area contributed by atoms with Gasteiger partial charge in [-0.1, -0.05) is 19.3 Å². The van der Waals surface area contributed by atoms with Crippen LogP contribution in [0.3, 0.4) is 0 Å². The largest absolute Gasteiger partial charge is 0.433 e. The first-order valence-corrected chi connectivity index (χ1v) is 7.13. The van der Waals surface area contributed by atoms with E-state index in [2.05, 4.69) is 4.98 Å².